The molecule has 0 spiro atoms. The zero-order chi connectivity index (χ0) is 17.2. The summed E-state index contributed by atoms with van der Waals surface area (Å²) in [6, 6.07) is 7.20. The first-order valence-corrected chi connectivity index (χ1v) is 8.61. The van der Waals surface area contributed by atoms with Gasteiger partial charge in [-0.05, 0) is 31.5 Å². The van der Waals surface area contributed by atoms with Crippen molar-refractivity contribution < 1.29 is 9.59 Å². The van der Waals surface area contributed by atoms with Crippen molar-refractivity contribution in [3.05, 3.63) is 42.5 Å². The summed E-state index contributed by atoms with van der Waals surface area (Å²) in [6.45, 7) is 4.13. The third-order valence-corrected chi connectivity index (χ3v) is 5.27. The van der Waals surface area contributed by atoms with Crippen LogP contribution in [-0.2, 0) is 16.1 Å². The zero-order valence-electron chi connectivity index (χ0n) is 13.5. The van der Waals surface area contributed by atoms with Crippen molar-refractivity contribution in [2.24, 2.45) is 0 Å². The molecule has 126 valence electrons. The number of carbonyl (C=O) groups excluding carboxylic acids is 2. The van der Waals surface area contributed by atoms with Crippen molar-refractivity contribution >= 4 is 23.6 Å². The summed E-state index contributed by atoms with van der Waals surface area (Å²) in [5.41, 5.74) is 1.88. The number of nitrogens with zero attached hydrogens (tertiary/aromatic N) is 3. The molecule has 0 bridgehead atoms. The van der Waals surface area contributed by atoms with Gasteiger partial charge in [-0.15, -0.1) is 11.8 Å². The van der Waals surface area contributed by atoms with E-state index in [1.165, 1.54) is 18.1 Å². The molecular formula is C16H19N5O2S. The Morgan fingerprint density at radius 3 is 2.79 bits per heavy atom. The number of nitrogens with one attached hydrogen (secondary N) is 2. The van der Waals surface area contributed by atoms with Crippen LogP contribution in [0, 0.1) is 0 Å². The Bertz CT molecular complexity index is 727. The highest BCUT2D eigenvalue weighted by molar-refractivity contribution is 8.01. The lowest BCUT2D eigenvalue weighted by molar-refractivity contribution is -0.129. The van der Waals surface area contributed by atoms with Crippen molar-refractivity contribution in [3.63, 3.8) is 0 Å². The van der Waals surface area contributed by atoms with E-state index in [9.17, 15) is 9.59 Å². The molecule has 1 saturated heterocycles. The van der Waals surface area contributed by atoms with Gasteiger partial charge in [0.05, 0.1) is 10.4 Å². The number of hydrogen-bond acceptors (Lipinski definition) is 5. The van der Waals surface area contributed by atoms with Gasteiger partial charge in [0.15, 0.2) is 0 Å². The van der Waals surface area contributed by atoms with Crippen LogP contribution in [0.3, 0.4) is 0 Å². The van der Waals surface area contributed by atoms with Crippen LogP contribution < -0.4 is 10.6 Å². The monoisotopic (exact) mass is 345 g/mol. The predicted molar refractivity (Wildman–Crippen MR) is 91.7 cm³/mol. The minimum Gasteiger partial charge on any atom is -0.350 e. The van der Waals surface area contributed by atoms with Crippen LogP contribution in [0.2, 0.25) is 0 Å². The van der Waals surface area contributed by atoms with Gasteiger partial charge in [0, 0.05) is 12.3 Å². The zero-order valence-corrected chi connectivity index (χ0v) is 14.3. The highest BCUT2D eigenvalue weighted by Crippen LogP contribution is 2.28. The fourth-order valence-electron chi connectivity index (χ4n) is 2.29. The molecule has 2 N–H and O–H groups in total. The Labute approximate surface area is 144 Å². The van der Waals surface area contributed by atoms with E-state index < -0.39 is 10.8 Å². The van der Waals surface area contributed by atoms with E-state index in [1.807, 2.05) is 38.1 Å². The number of amides is 2. The summed E-state index contributed by atoms with van der Waals surface area (Å²) in [4.78, 5) is 28.1. The third-order valence-electron chi connectivity index (χ3n) is 3.87. The second-order valence-corrected chi connectivity index (χ2v) is 7.71. The summed E-state index contributed by atoms with van der Waals surface area (Å²) in [7, 11) is 0. The van der Waals surface area contributed by atoms with E-state index in [4.69, 9.17) is 0 Å². The molecule has 1 fully saturated rings. The van der Waals surface area contributed by atoms with Crippen molar-refractivity contribution in [3.8, 4) is 5.69 Å². The Balaban J connectivity index is 1.54. The summed E-state index contributed by atoms with van der Waals surface area (Å²) < 4.78 is 1.19. The Kier molecular flexibility index (Phi) is 4.57. The minimum absolute atomic E-state index is 0.101. The molecule has 2 aromatic rings. The highest BCUT2D eigenvalue weighted by atomic mass is 32.2. The number of aromatic nitrogens is 3. The molecule has 7 nitrogen and oxygen atoms in total. The third kappa shape index (κ3) is 3.59. The molecule has 3 rings (SSSR count). The number of benzene rings is 1. The van der Waals surface area contributed by atoms with Crippen molar-refractivity contribution in [2.75, 3.05) is 5.75 Å². The van der Waals surface area contributed by atoms with Crippen LogP contribution >= 0.6 is 11.8 Å². The molecular weight excluding hydrogens is 326 g/mol. The Hall–Kier alpha value is -2.35. The number of carbonyl (C=O) groups is 2. The van der Waals surface area contributed by atoms with Gasteiger partial charge in [-0.25, -0.2) is 9.67 Å². The SMILES string of the molecule is CC1(C)SC[C@@H](C(=O)NCc2ccc(-n3cncn3)cc2)NC1=O. The fraction of sp³-hybridized carbons (Fsp3) is 0.375. The molecule has 24 heavy (non-hydrogen) atoms. The van der Waals surface area contributed by atoms with E-state index >= 15 is 0 Å². The first-order valence-electron chi connectivity index (χ1n) is 7.62. The van der Waals surface area contributed by atoms with Gasteiger partial charge in [0.25, 0.3) is 0 Å². The largest absolute Gasteiger partial charge is 0.350 e. The van der Waals surface area contributed by atoms with Gasteiger partial charge in [-0.2, -0.15) is 5.10 Å². The second-order valence-electron chi connectivity index (χ2n) is 6.07. The first-order chi connectivity index (χ1) is 11.5. The summed E-state index contributed by atoms with van der Waals surface area (Å²) in [5, 5.41) is 9.71. The van der Waals surface area contributed by atoms with Gasteiger partial charge in [-0.3, -0.25) is 9.59 Å². The summed E-state index contributed by atoms with van der Waals surface area (Å²) in [5.74, 6) is 0.318. The lowest BCUT2D eigenvalue weighted by Crippen LogP contribution is -2.57. The molecule has 1 atom stereocenters. The molecule has 0 saturated carbocycles. The average molecular weight is 345 g/mol. The number of rotatable bonds is 4. The van der Waals surface area contributed by atoms with Crippen LogP contribution in [0.5, 0.6) is 0 Å². The summed E-state index contributed by atoms with van der Waals surface area (Å²) in [6.07, 6.45) is 3.10. The van der Waals surface area contributed by atoms with Gasteiger partial charge in [0.1, 0.15) is 18.7 Å². The van der Waals surface area contributed by atoms with Crippen LogP contribution in [0.15, 0.2) is 36.9 Å². The van der Waals surface area contributed by atoms with Gasteiger partial charge >= 0.3 is 0 Å². The quantitative estimate of drug-likeness (QED) is 0.859. The van der Waals surface area contributed by atoms with E-state index in [0.29, 0.717) is 12.3 Å². The van der Waals surface area contributed by atoms with Crippen molar-refractivity contribution in [2.45, 2.75) is 31.2 Å². The van der Waals surface area contributed by atoms with E-state index in [1.54, 1.807) is 11.0 Å². The fourth-order valence-corrected chi connectivity index (χ4v) is 3.30. The molecule has 1 aliphatic rings. The smallest absolute Gasteiger partial charge is 0.243 e. The Morgan fingerprint density at radius 1 is 1.42 bits per heavy atom. The van der Waals surface area contributed by atoms with Gasteiger partial charge in [-0.1, -0.05) is 12.1 Å². The maximum atomic E-state index is 12.2. The molecule has 0 radical (unpaired) electrons. The molecule has 1 aromatic heterocycles. The normalized spacial score (nSPS) is 19.6. The average Bonchev–Trinajstić information content (AvgIpc) is 3.10. The van der Waals surface area contributed by atoms with E-state index in [-0.39, 0.29) is 11.8 Å². The molecule has 2 heterocycles. The minimum atomic E-state index is -0.482. The maximum absolute atomic E-state index is 12.2. The first kappa shape index (κ1) is 16.5. The van der Waals surface area contributed by atoms with Gasteiger partial charge < -0.3 is 10.6 Å². The number of hydrogen-bond donors (Lipinski definition) is 2. The van der Waals surface area contributed by atoms with Crippen molar-refractivity contribution in [1.29, 1.82) is 0 Å². The standard InChI is InChI=1S/C16H19N5O2S/c1-16(2)15(23)20-13(8-24-16)14(22)18-7-11-3-5-12(6-4-11)21-10-17-9-19-21/h3-6,9-10,13H,7-8H2,1-2H3,(H,18,22)(H,20,23)/t13-/m0/s1. The van der Waals surface area contributed by atoms with Crippen LogP contribution in [0.1, 0.15) is 19.4 Å². The van der Waals surface area contributed by atoms with Crippen LogP contribution in [0.25, 0.3) is 5.69 Å². The van der Waals surface area contributed by atoms with Crippen molar-refractivity contribution in [1.82, 2.24) is 25.4 Å². The lowest BCUT2D eigenvalue weighted by Gasteiger charge is -2.32. The second kappa shape index (κ2) is 6.64. The molecule has 8 heteroatoms. The topological polar surface area (TPSA) is 88.9 Å². The lowest BCUT2D eigenvalue weighted by atomic mass is 10.1. The van der Waals surface area contributed by atoms with Crippen LogP contribution in [-0.4, -0.2) is 43.1 Å². The van der Waals surface area contributed by atoms with Crippen LogP contribution in [0.4, 0.5) is 0 Å². The van der Waals surface area contributed by atoms with E-state index in [0.717, 1.165) is 11.3 Å². The maximum Gasteiger partial charge on any atom is 0.243 e. The molecule has 0 aliphatic carbocycles. The number of thioether (sulfide) groups is 1. The molecule has 0 unspecified atom stereocenters. The predicted octanol–water partition coefficient (Wildman–Crippen LogP) is 0.894. The van der Waals surface area contributed by atoms with E-state index in [2.05, 4.69) is 20.7 Å². The summed E-state index contributed by atoms with van der Waals surface area (Å²) >= 11 is 1.50. The molecule has 1 aromatic carbocycles. The highest BCUT2D eigenvalue weighted by Gasteiger charge is 2.37. The molecule has 2 amide bonds. The van der Waals surface area contributed by atoms with Gasteiger partial charge in [0.2, 0.25) is 11.8 Å². The Morgan fingerprint density at radius 2 is 2.17 bits per heavy atom. The molecule has 1 aliphatic heterocycles.